The van der Waals surface area contributed by atoms with Crippen LogP contribution in [0.3, 0.4) is 0 Å². The molecule has 1 atom stereocenters. The Morgan fingerprint density at radius 1 is 1.17 bits per heavy atom. The maximum absolute atomic E-state index is 12.6. The van der Waals surface area contributed by atoms with Crippen molar-refractivity contribution in [1.82, 2.24) is 20.1 Å². The fourth-order valence-electron chi connectivity index (χ4n) is 3.44. The predicted octanol–water partition coefficient (Wildman–Crippen LogP) is 2.50. The second-order valence-corrected chi connectivity index (χ2v) is 7.12. The Balaban J connectivity index is 1.33. The third-order valence-electron chi connectivity index (χ3n) is 5.17. The van der Waals surface area contributed by atoms with E-state index in [1.54, 1.807) is 22.0 Å². The lowest BCUT2D eigenvalue weighted by Gasteiger charge is -2.17. The number of carbonyl (C=O) groups is 2. The van der Waals surface area contributed by atoms with Crippen LogP contribution < -0.4 is 10.2 Å². The molecule has 1 aromatic carbocycles. The van der Waals surface area contributed by atoms with E-state index < -0.39 is 0 Å². The summed E-state index contributed by atoms with van der Waals surface area (Å²) < 4.78 is 1.67. The highest BCUT2D eigenvalue weighted by Crippen LogP contribution is 2.25. The fraction of sp³-hybridized carbons (Fsp3) is 0.273. The lowest BCUT2D eigenvalue weighted by Crippen LogP contribution is -2.32. The van der Waals surface area contributed by atoms with Crippen molar-refractivity contribution in [3.8, 4) is 5.82 Å². The van der Waals surface area contributed by atoms with Crippen LogP contribution in [0.5, 0.6) is 0 Å². The van der Waals surface area contributed by atoms with Crippen LogP contribution in [0, 0.1) is 5.92 Å². The van der Waals surface area contributed by atoms with Gasteiger partial charge in [0, 0.05) is 43.8 Å². The van der Waals surface area contributed by atoms with Crippen molar-refractivity contribution >= 4 is 17.5 Å². The van der Waals surface area contributed by atoms with Gasteiger partial charge in [0.15, 0.2) is 5.82 Å². The van der Waals surface area contributed by atoms with Gasteiger partial charge in [0.25, 0.3) is 0 Å². The molecule has 1 saturated heterocycles. The number of amides is 2. The van der Waals surface area contributed by atoms with Gasteiger partial charge < -0.3 is 10.2 Å². The molecular weight excluding hydrogens is 366 g/mol. The lowest BCUT2D eigenvalue weighted by atomic mass is 10.1. The average Bonchev–Trinajstić information content (AvgIpc) is 3.43. The molecule has 0 radical (unpaired) electrons. The molecular formula is C22H23N5O2. The molecule has 2 aromatic heterocycles. The van der Waals surface area contributed by atoms with Crippen molar-refractivity contribution in [3.63, 3.8) is 0 Å². The van der Waals surface area contributed by atoms with E-state index in [0.717, 1.165) is 23.5 Å². The van der Waals surface area contributed by atoms with Crippen molar-refractivity contribution < 1.29 is 9.59 Å². The van der Waals surface area contributed by atoms with Gasteiger partial charge in [0.2, 0.25) is 11.8 Å². The van der Waals surface area contributed by atoms with Crippen LogP contribution in [0.25, 0.3) is 5.82 Å². The second kappa shape index (κ2) is 8.26. The van der Waals surface area contributed by atoms with Crippen LogP contribution in [0.4, 0.5) is 5.69 Å². The molecule has 3 heterocycles. The number of rotatable bonds is 6. The Morgan fingerprint density at radius 2 is 1.97 bits per heavy atom. The van der Waals surface area contributed by atoms with Crippen LogP contribution in [-0.4, -0.2) is 33.1 Å². The Morgan fingerprint density at radius 3 is 2.62 bits per heavy atom. The zero-order valence-electron chi connectivity index (χ0n) is 16.3. The van der Waals surface area contributed by atoms with Crippen molar-refractivity contribution in [2.45, 2.75) is 26.3 Å². The summed E-state index contributed by atoms with van der Waals surface area (Å²) in [6.45, 7) is 2.88. The number of aryl methyl sites for hydroxylation is 1. The molecule has 7 heteroatoms. The maximum Gasteiger partial charge on any atom is 0.227 e. The summed E-state index contributed by atoms with van der Waals surface area (Å²) >= 11 is 0. The number of benzene rings is 1. The molecule has 2 amide bonds. The van der Waals surface area contributed by atoms with E-state index >= 15 is 0 Å². The summed E-state index contributed by atoms with van der Waals surface area (Å²) in [6, 6.07) is 13.5. The normalized spacial score (nSPS) is 16.2. The molecule has 1 N–H and O–H groups in total. The Labute approximate surface area is 169 Å². The first-order valence-electron chi connectivity index (χ1n) is 9.76. The number of carbonyl (C=O) groups excluding carboxylic acids is 2. The first kappa shape index (κ1) is 18.9. The average molecular weight is 389 g/mol. The minimum atomic E-state index is -0.343. The van der Waals surface area contributed by atoms with Crippen LogP contribution >= 0.6 is 0 Å². The molecule has 1 aliphatic heterocycles. The van der Waals surface area contributed by atoms with Gasteiger partial charge in [0.1, 0.15) is 0 Å². The van der Waals surface area contributed by atoms with E-state index in [9.17, 15) is 9.59 Å². The molecule has 148 valence electrons. The maximum atomic E-state index is 12.6. The number of nitrogens with one attached hydrogen (secondary N) is 1. The molecule has 0 aliphatic carbocycles. The van der Waals surface area contributed by atoms with Gasteiger partial charge in [-0.25, -0.2) is 9.67 Å². The van der Waals surface area contributed by atoms with E-state index in [-0.39, 0.29) is 24.2 Å². The van der Waals surface area contributed by atoms with Gasteiger partial charge in [-0.05, 0) is 41.8 Å². The molecule has 3 aromatic rings. The summed E-state index contributed by atoms with van der Waals surface area (Å²) in [5.41, 5.74) is 2.97. The van der Waals surface area contributed by atoms with Crippen LogP contribution in [-0.2, 0) is 22.6 Å². The SMILES string of the molecule is CCc1ccc(N2C[C@@H](C(=O)NCc3ccc(-n4cccn4)nc3)CC2=O)cc1. The number of aromatic nitrogens is 3. The number of anilines is 1. The van der Waals surface area contributed by atoms with Gasteiger partial charge in [-0.15, -0.1) is 0 Å². The van der Waals surface area contributed by atoms with Crippen LogP contribution in [0.15, 0.2) is 61.1 Å². The van der Waals surface area contributed by atoms with Gasteiger partial charge in [-0.2, -0.15) is 5.10 Å². The smallest absolute Gasteiger partial charge is 0.227 e. The van der Waals surface area contributed by atoms with E-state index in [2.05, 4.69) is 22.3 Å². The zero-order valence-corrected chi connectivity index (χ0v) is 16.3. The van der Waals surface area contributed by atoms with Crippen molar-refractivity contribution in [2.24, 2.45) is 5.92 Å². The summed E-state index contributed by atoms with van der Waals surface area (Å²) in [5, 5.41) is 7.06. The van der Waals surface area contributed by atoms with E-state index in [1.165, 1.54) is 5.56 Å². The number of hydrogen-bond acceptors (Lipinski definition) is 4. The number of nitrogens with zero attached hydrogens (tertiary/aromatic N) is 4. The molecule has 29 heavy (non-hydrogen) atoms. The van der Waals surface area contributed by atoms with Gasteiger partial charge >= 0.3 is 0 Å². The molecule has 7 nitrogen and oxygen atoms in total. The molecule has 0 saturated carbocycles. The van der Waals surface area contributed by atoms with E-state index in [4.69, 9.17) is 0 Å². The lowest BCUT2D eigenvalue weighted by molar-refractivity contribution is -0.126. The topological polar surface area (TPSA) is 80.1 Å². The molecule has 0 unspecified atom stereocenters. The minimum Gasteiger partial charge on any atom is -0.352 e. The largest absolute Gasteiger partial charge is 0.352 e. The molecule has 0 bridgehead atoms. The first-order chi connectivity index (χ1) is 14.1. The standard InChI is InChI=1S/C22H23N5O2/c1-2-16-4-7-19(8-5-16)26-15-18(12-21(26)28)22(29)24-14-17-6-9-20(23-13-17)27-11-3-10-25-27/h3-11,13,18H,2,12,14-15H2,1H3,(H,24,29)/t18-/m0/s1. The molecule has 1 fully saturated rings. The molecule has 0 spiro atoms. The Hall–Kier alpha value is -3.48. The third kappa shape index (κ3) is 4.18. The van der Waals surface area contributed by atoms with Gasteiger partial charge in [0.05, 0.1) is 5.92 Å². The number of hydrogen-bond donors (Lipinski definition) is 1. The molecule has 4 rings (SSSR count). The summed E-state index contributed by atoms with van der Waals surface area (Å²) in [6.07, 6.45) is 6.43. The summed E-state index contributed by atoms with van der Waals surface area (Å²) in [7, 11) is 0. The third-order valence-corrected chi connectivity index (χ3v) is 5.17. The molecule has 1 aliphatic rings. The van der Waals surface area contributed by atoms with Crippen molar-refractivity contribution in [1.29, 1.82) is 0 Å². The van der Waals surface area contributed by atoms with Crippen LogP contribution in [0.1, 0.15) is 24.5 Å². The van der Waals surface area contributed by atoms with E-state index in [0.29, 0.717) is 13.1 Å². The first-order valence-corrected chi connectivity index (χ1v) is 9.76. The van der Waals surface area contributed by atoms with E-state index in [1.807, 2.05) is 48.7 Å². The number of pyridine rings is 1. The Kier molecular flexibility index (Phi) is 5.37. The Bertz CT molecular complexity index is 981. The predicted molar refractivity (Wildman–Crippen MR) is 109 cm³/mol. The summed E-state index contributed by atoms with van der Waals surface area (Å²) in [5.74, 6) is 0.252. The highest BCUT2D eigenvalue weighted by molar-refractivity contribution is 6.00. The zero-order chi connectivity index (χ0) is 20.2. The van der Waals surface area contributed by atoms with Crippen LogP contribution in [0.2, 0.25) is 0 Å². The highest BCUT2D eigenvalue weighted by atomic mass is 16.2. The van der Waals surface area contributed by atoms with Gasteiger partial charge in [-0.3, -0.25) is 9.59 Å². The summed E-state index contributed by atoms with van der Waals surface area (Å²) in [4.78, 5) is 31.0. The second-order valence-electron chi connectivity index (χ2n) is 7.12. The van der Waals surface area contributed by atoms with Gasteiger partial charge in [-0.1, -0.05) is 25.1 Å². The minimum absolute atomic E-state index is 0.0142. The quantitative estimate of drug-likeness (QED) is 0.702. The fourth-order valence-corrected chi connectivity index (χ4v) is 3.44. The van der Waals surface area contributed by atoms with Crippen molar-refractivity contribution in [2.75, 3.05) is 11.4 Å². The van der Waals surface area contributed by atoms with Crippen molar-refractivity contribution in [3.05, 3.63) is 72.2 Å². The monoisotopic (exact) mass is 389 g/mol. The highest BCUT2D eigenvalue weighted by Gasteiger charge is 2.34.